The van der Waals surface area contributed by atoms with Crippen LogP contribution in [0.25, 0.3) is 0 Å². The molecule has 3 nitrogen and oxygen atoms in total. The molecule has 0 heterocycles. The predicted molar refractivity (Wildman–Crippen MR) is 108 cm³/mol. The topological polar surface area (TPSA) is 38.3 Å². The quantitative estimate of drug-likeness (QED) is 0.719. The molecule has 0 saturated heterocycles. The van der Waals surface area contributed by atoms with Crippen LogP contribution in [-0.2, 0) is 21.0 Å². The molecular formula is C19H35NO2SSi. The predicted octanol–water partition coefficient (Wildman–Crippen LogP) is 4.98. The summed E-state index contributed by atoms with van der Waals surface area (Å²) in [6, 6.07) is 10.2. The second kappa shape index (κ2) is 7.40. The molecule has 0 bridgehead atoms. The first-order valence-electron chi connectivity index (χ1n) is 8.58. The summed E-state index contributed by atoms with van der Waals surface area (Å²) in [5.74, 6) is 0. The highest BCUT2D eigenvalue weighted by atomic mass is 32.2. The highest BCUT2D eigenvalue weighted by molar-refractivity contribution is 7.84. The fourth-order valence-corrected chi connectivity index (χ4v) is 3.85. The van der Waals surface area contributed by atoms with E-state index in [4.69, 9.17) is 4.43 Å². The van der Waals surface area contributed by atoms with Crippen LogP contribution >= 0.6 is 0 Å². The van der Waals surface area contributed by atoms with E-state index in [0.717, 1.165) is 5.56 Å². The summed E-state index contributed by atoms with van der Waals surface area (Å²) in [5, 5.41) is 0.147. The Morgan fingerprint density at radius 1 is 1.00 bits per heavy atom. The molecule has 0 spiro atoms. The number of hydrogen-bond donors (Lipinski definition) is 1. The Balaban J connectivity index is 3.10. The van der Waals surface area contributed by atoms with Gasteiger partial charge in [0.2, 0.25) is 0 Å². The maximum atomic E-state index is 12.7. The van der Waals surface area contributed by atoms with Crippen molar-refractivity contribution in [2.24, 2.45) is 0 Å². The van der Waals surface area contributed by atoms with Gasteiger partial charge in [-0.2, -0.15) is 0 Å². The molecule has 0 fully saturated rings. The summed E-state index contributed by atoms with van der Waals surface area (Å²) in [4.78, 5) is 0. The monoisotopic (exact) mass is 369 g/mol. The first-order valence-corrected chi connectivity index (χ1v) is 12.6. The summed E-state index contributed by atoms with van der Waals surface area (Å²) >= 11 is 0. The van der Waals surface area contributed by atoms with Gasteiger partial charge in [-0.3, -0.25) is 0 Å². The summed E-state index contributed by atoms with van der Waals surface area (Å²) in [7, 11) is -3.05. The second-order valence-electron chi connectivity index (χ2n) is 9.23. The molecule has 1 N–H and O–H groups in total. The van der Waals surface area contributed by atoms with E-state index < -0.39 is 24.8 Å². The van der Waals surface area contributed by atoms with Gasteiger partial charge in [0.1, 0.15) is 0 Å². The van der Waals surface area contributed by atoms with Gasteiger partial charge in [0, 0.05) is 0 Å². The Hall–Kier alpha value is -0.493. The van der Waals surface area contributed by atoms with Crippen LogP contribution in [0.4, 0.5) is 0 Å². The van der Waals surface area contributed by atoms with Crippen molar-refractivity contribution < 1.29 is 8.63 Å². The minimum atomic E-state index is -1.88. The summed E-state index contributed by atoms with van der Waals surface area (Å²) < 4.78 is 22.2. The molecule has 1 rings (SSSR count). The molecule has 138 valence electrons. The van der Waals surface area contributed by atoms with Crippen LogP contribution in [0, 0.1) is 0 Å². The van der Waals surface area contributed by atoms with Crippen molar-refractivity contribution in [3.8, 4) is 0 Å². The molecule has 0 aromatic heterocycles. The molecule has 2 atom stereocenters. The lowest BCUT2D eigenvalue weighted by atomic mass is 9.94. The third-order valence-corrected chi connectivity index (χ3v) is 11.0. The van der Waals surface area contributed by atoms with E-state index in [1.165, 1.54) is 0 Å². The van der Waals surface area contributed by atoms with Crippen molar-refractivity contribution in [3.05, 3.63) is 35.9 Å². The Labute approximate surface area is 152 Å². The molecule has 0 radical (unpaired) electrons. The van der Waals surface area contributed by atoms with Gasteiger partial charge in [-0.1, -0.05) is 51.1 Å². The smallest absolute Gasteiger partial charge is 0.192 e. The van der Waals surface area contributed by atoms with Gasteiger partial charge in [-0.15, -0.1) is 0 Å². The first-order chi connectivity index (χ1) is 10.7. The largest absolute Gasteiger partial charge is 0.415 e. The average Bonchev–Trinajstić information content (AvgIpc) is 2.44. The average molecular weight is 370 g/mol. The normalized spacial score (nSPS) is 17.4. The van der Waals surface area contributed by atoms with Gasteiger partial charge in [0.25, 0.3) is 0 Å². The molecule has 1 aromatic carbocycles. The summed E-state index contributed by atoms with van der Waals surface area (Å²) in [6.45, 7) is 19.7. The molecule has 1 aromatic rings. The van der Waals surface area contributed by atoms with Gasteiger partial charge in [0.05, 0.1) is 27.9 Å². The Kier molecular flexibility index (Phi) is 6.64. The third kappa shape index (κ3) is 5.51. The van der Waals surface area contributed by atoms with Crippen LogP contribution in [0.5, 0.6) is 0 Å². The van der Waals surface area contributed by atoms with Crippen molar-refractivity contribution in [3.63, 3.8) is 0 Å². The molecule has 0 amide bonds. The first kappa shape index (κ1) is 21.5. The van der Waals surface area contributed by atoms with Crippen LogP contribution in [-0.4, -0.2) is 23.9 Å². The second-order valence-corrected chi connectivity index (χ2v) is 16.0. The van der Waals surface area contributed by atoms with Gasteiger partial charge in [0.15, 0.2) is 8.32 Å². The molecule has 0 aliphatic rings. The van der Waals surface area contributed by atoms with E-state index >= 15 is 0 Å². The Bertz CT molecular complexity index is 561. The Morgan fingerprint density at radius 3 is 1.92 bits per heavy atom. The van der Waals surface area contributed by atoms with Crippen LogP contribution < -0.4 is 4.72 Å². The number of rotatable bonds is 6. The maximum absolute atomic E-state index is 12.7. The fourth-order valence-electron chi connectivity index (χ4n) is 1.88. The highest BCUT2D eigenvalue weighted by Gasteiger charge is 2.40. The van der Waals surface area contributed by atoms with E-state index in [1.807, 2.05) is 39.0 Å². The van der Waals surface area contributed by atoms with E-state index in [2.05, 4.69) is 57.6 Å². The lowest BCUT2D eigenvalue weighted by Crippen LogP contribution is -2.52. The minimum Gasteiger partial charge on any atom is -0.415 e. The van der Waals surface area contributed by atoms with Gasteiger partial charge in [-0.25, -0.2) is 8.93 Å². The van der Waals surface area contributed by atoms with Crippen LogP contribution in [0.3, 0.4) is 0 Å². The standard InChI is InChI=1S/C19H35NO2SSi/c1-17(2,3)23(21)20-19(7,16-13-11-10-12-14-16)15-22-24(8,9)18(4,5)6/h10-14,20H,15H2,1-9H3/t19-,23-/m0/s1. The number of hydrogen-bond acceptors (Lipinski definition) is 2. The van der Waals surface area contributed by atoms with Crippen molar-refractivity contribution in [2.75, 3.05) is 6.61 Å². The minimum absolute atomic E-state index is 0.147. The zero-order chi connectivity index (χ0) is 18.8. The SMILES string of the molecule is CC(C)(C)[S@](=O)N[C@@](C)(CO[Si](C)(C)C(C)(C)C)c1ccccc1. The van der Waals surface area contributed by atoms with Gasteiger partial charge in [-0.05, 0) is 51.4 Å². The summed E-state index contributed by atoms with van der Waals surface area (Å²) in [5.41, 5.74) is 0.607. The molecule has 0 unspecified atom stereocenters. The maximum Gasteiger partial charge on any atom is 0.192 e. The van der Waals surface area contributed by atoms with Gasteiger partial charge < -0.3 is 4.43 Å². The fraction of sp³-hybridized carbons (Fsp3) is 0.684. The van der Waals surface area contributed by atoms with Crippen molar-refractivity contribution in [1.82, 2.24) is 4.72 Å². The molecular weight excluding hydrogens is 334 g/mol. The molecule has 24 heavy (non-hydrogen) atoms. The molecule has 0 aliphatic heterocycles. The lowest BCUT2D eigenvalue weighted by Gasteiger charge is -2.41. The number of nitrogens with one attached hydrogen (secondary N) is 1. The zero-order valence-corrected chi connectivity index (χ0v) is 18.6. The third-order valence-electron chi connectivity index (χ3n) is 4.81. The summed E-state index contributed by atoms with van der Waals surface area (Å²) in [6.07, 6.45) is 0. The molecule has 0 aliphatic carbocycles. The lowest BCUT2D eigenvalue weighted by molar-refractivity contribution is 0.200. The van der Waals surface area contributed by atoms with Crippen LogP contribution in [0.2, 0.25) is 18.1 Å². The Morgan fingerprint density at radius 2 is 1.50 bits per heavy atom. The van der Waals surface area contributed by atoms with E-state index in [9.17, 15) is 4.21 Å². The molecule has 0 saturated carbocycles. The van der Waals surface area contributed by atoms with Crippen molar-refractivity contribution >= 4 is 19.3 Å². The zero-order valence-electron chi connectivity index (χ0n) is 16.8. The number of benzene rings is 1. The van der Waals surface area contributed by atoms with E-state index in [0.29, 0.717) is 6.61 Å². The van der Waals surface area contributed by atoms with Crippen LogP contribution in [0.15, 0.2) is 30.3 Å². The highest BCUT2D eigenvalue weighted by Crippen LogP contribution is 2.38. The van der Waals surface area contributed by atoms with Crippen molar-refractivity contribution in [1.29, 1.82) is 0 Å². The van der Waals surface area contributed by atoms with E-state index in [-0.39, 0.29) is 9.79 Å². The molecule has 5 heteroatoms. The van der Waals surface area contributed by atoms with Crippen LogP contribution in [0.1, 0.15) is 54.0 Å². The van der Waals surface area contributed by atoms with Gasteiger partial charge >= 0.3 is 0 Å². The van der Waals surface area contributed by atoms with Crippen molar-refractivity contribution in [2.45, 2.75) is 76.9 Å². The van der Waals surface area contributed by atoms with E-state index in [1.54, 1.807) is 0 Å².